The Kier molecular flexibility index (Phi) is 5.96. The molecule has 0 aromatic heterocycles. The molecule has 0 spiro atoms. The molecule has 0 atom stereocenters. The van der Waals surface area contributed by atoms with E-state index in [-0.39, 0.29) is 18.5 Å². The van der Waals surface area contributed by atoms with E-state index < -0.39 is 5.41 Å². The van der Waals surface area contributed by atoms with Gasteiger partial charge in [0, 0.05) is 24.0 Å². The number of anilines is 3. The van der Waals surface area contributed by atoms with Crippen molar-refractivity contribution in [3.05, 3.63) is 42.5 Å². The van der Waals surface area contributed by atoms with Crippen molar-refractivity contribution in [3.63, 3.8) is 0 Å². The van der Waals surface area contributed by atoms with Crippen LogP contribution >= 0.6 is 0 Å². The molecule has 0 fully saturated rings. The number of rotatable bonds is 5. The lowest BCUT2D eigenvalue weighted by molar-refractivity contribution is -0.127. The normalized spacial score (nSPS) is 15.0. The Labute approximate surface area is 171 Å². The third-order valence-electron chi connectivity index (χ3n) is 4.72. The van der Waals surface area contributed by atoms with Gasteiger partial charge in [-0.2, -0.15) is 0 Å². The first-order chi connectivity index (χ1) is 13.8. The second-order valence-corrected chi connectivity index (χ2v) is 7.62. The predicted octanol–water partition coefficient (Wildman–Crippen LogP) is 4.50. The third kappa shape index (κ3) is 4.62. The van der Waals surface area contributed by atoms with Crippen LogP contribution in [0.1, 0.15) is 27.2 Å². The van der Waals surface area contributed by atoms with Gasteiger partial charge in [-0.05, 0) is 56.7 Å². The van der Waals surface area contributed by atoms with Crippen LogP contribution in [-0.2, 0) is 4.79 Å². The quantitative estimate of drug-likeness (QED) is 0.778. The number of carbonyl (C=O) groups excluding carboxylic acids is 2. The molecule has 7 nitrogen and oxygen atoms in total. The average molecular weight is 397 g/mol. The van der Waals surface area contributed by atoms with Gasteiger partial charge >= 0.3 is 6.03 Å². The second-order valence-electron chi connectivity index (χ2n) is 7.62. The molecule has 2 aromatic rings. The van der Waals surface area contributed by atoms with Crippen LogP contribution in [0.4, 0.5) is 21.9 Å². The first kappa shape index (κ1) is 20.5. The number of fused-ring (bicyclic) bond motifs is 1. The highest BCUT2D eigenvalue weighted by Gasteiger charge is 2.37. The number of amides is 3. The molecule has 2 N–H and O–H groups in total. The number of ether oxygens (including phenoxy) is 2. The molecule has 0 aliphatic carbocycles. The van der Waals surface area contributed by atoms with Crippen molar-refractivity contribution in [2.45, 2.75) is 27.2 Å². The summed E-state index contributed by atoms with van der Waals surface area (Å²) in [5, 5.41) is 5.58. The van der Waals surface area contributed by atoms with Gasteiger partial charge in [0.25, 0.3) is 0 Å². The summed E-state index contributed by atoms with van der Waals surface area (Å²) in [4.78, 5) is 27.0. The summed E-state index contributed by atoms with van der Waals surface area (Å²) < 4.78 is 11.0. The summed E-state index contributed by atoms with van der Waals surface area (Å²) in [6, 6.07) is 12.0. The molecule has 3 amide bonds. The van der Waals surface area contributed by atoms with Crippen LogP contribution in [0, 0.1) is 5.41 Å². The maximum Gasteiger partial charge on any atom is 0.323 e. The average Bonchev–Trinajstić information content (AvgIpc) is 2.79. The molecule has 0 radical (unpaired) electrons. The number of urea groups is 1. The highest BCUT2D eigenvalue weighted by atomic mass is 16.5. The molecule has 7 heteroatoms. The van der Waals surface area contributed by atoms with Gasteiger partial charge in [0.05, 0.1) is 18.2 Å². The van der Waals surface area contributed by atoms with Crippen LogP contribution in [0.15, 0.2) is 42.5 Å². The van der Waals surface area contributed by atoms with Crippen molar-refractivity contribution in [2.75, 3.05) is 35.8 Å². The van der Waals surface area contributed by atoms with E-state index in [0.29, 0.717) is 29.4 Å². The topological polar surface area (TPSA) is 79.9 Å². The van der Waals surface area contributed by atoms with E-state index in [0.717, 1.165) is 12.1 Å². The zero-order chi connectivity index (χ0) is 21.0. The zero-order valence-corrected chi connectivity index (χ0v) is 17.2. The number of hydrogen-bond donors (Lipinski definition) is 2. The predicted molar refractivity (Wildman–Crippen MR) is 114 cm³/mol. The molecule has 0 unspecified atom stereocenters. The molecule has 1 aliphatic rings. The van der Waals surface area contributed by atoms with Crippen LogP contribution in [0.2, 0.25) is 0 Å². The lowest BCUT2D eigenvalue weighted by Gasteiger charge is -2.27. The molecule has 2 aromatic carbocycles. The Morgan fingerprint density at radius 1 is 1.14 bits per heavy atom. The third-order valence-corrected chi connectivity index (χ3v) is 4.72. The molecular formula is C22H27N3O4. The van der Waals surface area contributed by atoms with Crippen molar-refractivity contribution in [2.24, 2.45) is 5.41 Å². The minimum absolute atomic E-state index is 0.0380. The van der Waals surface area contributed by atoms with Crippen LogP contribution in [0.25, 0.3) is 0 Å². The van der Waals surface area contributed by atoms with Crippen LogP contribution in [0.3, 0.4) is 0 Å². The highest BCUT2D eigenvalue weighted by Crippen LogP contribution is 2.38. The second kappa shape index (κ2) is 8.43. The van der Waals surface area contributed by atoms with Gasteiger partial charge in [-0.1, -0.05) is 6.92 Å². The number of nitrogens with one attached hydrogen (secondary N) is 2. The summed E-state index contributed by atoms with van der Waals surface area (Å²) in [5.41, 5.74) is 1.34. The number of hydrogen-bond acceptors (Lipinski definition) is 4. The largest absolute Gasteiger partial charge is 0.497 e. The van der Waals surface area contributed by atoms with Gasteiger partial charge in [-0.3, -0.25) is 4.79 Å². The van der Waals surface area contributed by atoms with E-state index in [9.17, 15) is 9.59 Å². The maximum absolute atomic E-state index is 12.9. The van der Waals surface area contributed by atoms with Gasteiger partial charge in [0.15, 0.2) is 0 Å². The maximum atomic E-state index is 12.9. The molecule has 3 rings (SSSR count). The fraction of sp³-hybridized carbons (Fsp3) is 0.364. The summed E-state index contributed by atoms with van der Waals surface area (Å²) in [6.07, 6.45) is 0.839. The Hall–Kier alpha value is -3.22. The van der Waals surface area contributed by atoms with Gasteiger partial charge in [0.1, 0.15) is 18.1 Å². The Balaban J connectivity index is 1.76. The van der Waals surface area contributed by atoms with E-state index in [4.69, 9.17) is 9.47 Å². The van der Waals surface area contributed by atoms with Crippen molar-refractivity contribution in [3.8, 4) is 11.5 Å². The first-order valence-electron chi connectivity index (χ1n) is 9.65. The fourth-order valence-electron chi connectivity index (χ4n) is 3.14. The van der Waals surface area contributed by atoms with E-state index in [1.165, 1.54) is 0 Å². The lowest BCUT2D eigenvalue weighted by atomic mass is 9.93. The minimum atomic E-state index is -0.618. The lowest BCUT2D eigenvalue weighted by Crippen LogP contribution is -2.42. The van der Waals surface area contributed by atoms with Gasteiger partial charge < -0.3 is 25.0 Å². The zero-order valence-electron chi connectivity index (χ0n) is 17.2. The van der Waals surface area contributed by atoms with Gasteiger partial charge in [-0.15, -0.1) is 0 Å². The Morgan fingerprint density at radius 2 is 1.79 bits per heavy atom. The number of carbonyl (C=O) groups is 2. The highest BCUT2D eigenvalue weighted by molar-refractivity contribution is 6.02. The van der Waals surface area contributed by atoms with Crippen molar-refractivity contribution >= 4 is 29.0 Å². The monoisotopic (exact) mass is 397 g/mol. The number of benzene rings is 2. The molecule has 29 heavy (non-hydrogen) atoms. The first-order valence-corrected chi connectivity index (χ1v) is 9.65. The van der Waals surface area contributed by atoms with Crippen molar-refractivity contribution < 1.29 is 19.1 Å². The molecule has 0 saturated heterocycles. The number of nitrogens with zero attached hydrogens (tertiary/aromatic N) is 1. The van der Waals surface area contributed by atoms with Crippen LogP contribution < -0.4 is 25.0 Å². The van der Waals surface area contributed by atoms with Crippen LogP contribution in [-0.4, -0.2) is 32.2 Å². The van der Waals surface area contributed by atoms with E-state index in [2.05, 4.69) is 10.6 Å². The molecule has 1 heterocycles. The van der Waals surface area contributed by atoms with Crippen LogP contribution in [0.5, 0.6) is 11.5 Å². The summed E-state index contributed by atoms with van der Waals surface area (Å²) in [5.74, 6) is 1.34. The van der Waals surface area contributed by atoms with Crippen molar-refractivity contribution in [1.82, 2.24) is 0 Å². The fourth-order valence-corrected chi connectivity index (χ4v) is 3.14. The smallest absolute Gasteiger partial charge is 0.323 e. The molecule has 1 aliphatic heterocycles. The minimum Gasteiger partial charge on any atom is -0.497 e. The summed E-state index contributed by atoms with van der Waals surface area (Å²) in [7, 11) is 1.59. The van der Waals surface area contributed by atoms with E-state index in [1.54, 1.807) is 48.4 Å². The van der Waals surface area contributed by atoms with Crippen molar-refractivity contribution in [1.29, 1.82) is 0 Å². The standard InChI is InChI=1S/C22H27N3O4/c1-5-12-25-18-11-8-16(13-19(18)29-14-22(2,3)20(25)26)24-21(27)23-15-6-9-17(28-4)10-7-15/h6-11,13H,5,12,14H2,1-4H3,(H2,23,24,27). The molecular weight excluding hydrogens is 370 g/mol. The molecule has 0 saturated carbocycles. The Morgan fingerprint density at radius 3 is 2.45 bits per heavy atom. The van der Waals surface area contributed by atoms with E-state index >= 15 is 0 Å². The molecule has 0 bridgehead atoms. The number of methoxy groups -OCH3 is 1. The van der Waals surface area contributed by atoms with E-state index in [1.807, 2.05) is 26.8 Å². The summed E-state index contributed by atoms with van der Waals surface area (Å²) >= 11 is 0. The van der Waals surface area contributed by atoms with Gasteiger partial charge in [0.2, 0.25) is 5.91 Å². The SMILES string of the molecule is CCCN1C(=O)C(C)(C)COc2cc(NC(=O)Nc3ccc(OC)cc3)ccc21. The summed E-state index contributed by atoms with van der Waals surface area (Å²) in [6.45, 7) is 6.69. The Bertz CT molecular complexity index is 893. The van der Waals surface area contributed by atoms with Gasteiger partial charge in [-0.25, -0.2) is 4.79 Å². The molecule has 154 valence electrons.